The number of aliphatic hydroxyl groups is 2. The van der Waals surface area contributed by atoms with Gasteiger partial charge in [0.2, 0.25) is 5.91 Å². The van der Waals surface area contributed by atoms with Crippen LogP contribution in [-0.2, 0) is 14.4 Å². The molecule has 0 heterocycles. The topological polar surface area (TPSA) is 127 Å². The van der Waals surface area contributed by atoms with Crippen molar-refractivity contribution in [2.24, 2.45) is 38.9 Å². The predicted molar refractivity (Wildman–Crippen MR) is 146 cm³/mol. The predicted octanol–water partition coefficient (Wildman–Crippen LogP) is 4.18. The van der Waals surface area contributed by atoms with E-state index >= 15 is 0 Å². The number of nitrogens with one attached hydrogen (secondary N) is 1. The van der Waals surface area contributed by atoms with E-state index < -0.39 is 45.3 Å². The molecule has 5 aliphatic rings. The van der Waals surface area contributed by atoms with Crippen LogP contribution in [0.5, 0.6) is 0 Å². The molecule has 8 atom stereocenters. The van der Waals surface area contributed by atoms with Crippen LogP contribution in [0.2, 0.25) is 0 Å². The van der Waals surface area contributed by atoms with Crippen molar-refractivity contribution in [3.63, 3.8) is 0 Å². The number of aliphatic hydroxyl groups excluding tert-OH is 1. The second-order valence-electron chi connectivity index (χ2n) is 15.1. The minimum absolute atomic E-state index is 0.0583. The van der Waals surface area contributed by atoms with Crippen LogP contribution < -0.4 is 5.32 Å². The highest BCUT2D eigenvalue weighted by Gasteiger charge is 2.75. The lowest BCUT2D eigenvalue weighted by Crippen LogP contribution is -2.74. The summed E-state index contributed by atoms with van der Waals surface area (Å²) in [5.74, 6) is -1.31. The fourth-order valence-electron chi connectivity index (χ4n) is 10.2. The van der Waals surface area contributed by atoms with Crippen molar-refractivity contribution in [3.05, 3.63) is 23.3 Å². The normalized spacial score (nSPS) is 48.3. The Bertz CT molecular complexity index is 1280. The van der Waals surface area contributed by atoms with Gasteiger partial charge in [0.05, 0.1) is 5.57 Å². The summed E-state index contributed by atoms with van der Waals surface area (Å²) in [4.78, 5) is 39.8. The fraction of sp³-hybridized carbons (Fsp3) is 0.750. The van der Waals surface area contributed by atoms with Gasteiger partial charge >= 0.3 is 0 Å². The van der Waals surface area contributed by atoms with Gasteiger partial charge in [-0.2, -0.15) is 5.26 Å². The number of fused-ring (bicyclic) bond motifs is 7. The number of allylic oxidation sites excluding steroid dienone is 3. The third kappa shape index (κ3) is 3.31. The lowest BCUT2D eigenvalue weighted by atomic mass is 9.33. The van der Waals surface area contributed by atoms with Crippen LogP contribution in [-0.4, -0.2) is 45.4 Å². The number of hydrogen-bond donors (Lipinski definition) is 3. The Kier molecular flexibility index (Phi) is 5.89. The molecule has 0 radical (unpaired) electrons. The van der Waals surface area contributed by atoms with E-state index in [0.29, 0.717) is 12.8 Å². The standard InChI is InChI=1S/C32H44N2O5/c1-26(2)20-8-9-30(6)21(29(20,5)15-19(17-33)25(26)38)14-23(36)32(39)22-16-28(4,34-24(37)18-35)12-10-27(22,3)11-13-31(30,32)7/h14-15,20,22,35,39H,8-13,16,18H2,1-7H3,(H,34,37)/t20-,22+,27-,28-,29-,30+,31-,32+/m0/s1. The smallest absolute Gasteiger partial charge is 0.246 e. The van der Waals surface area contributed by atoms with Gasteiger partial charge in [-0.3, -0.25) is 14.4 Å². The first kappa shape index (κ1) is 28.2. The van der Waals surface area contributed by atoms with Crippen LogP contribution in [0.1, 0.15) is 93.4 Å². The van der Waals surface area contributed by atoms with Crippen LogP contribution in [0, 0.1) is 50.2 Å². The number of Topliss-reactive ketones (excluding diaryl/α,β-unsaturated/α-hetero) is 1. The average molecular weight is 537 g/mol. The SMILES string of the molecule is CC1(C)C(=O)C(C#N)=C[C@]2(C)C3=CC(=O)[C@]4(O)[C@@H]5C[C@@](C)(NC(=O)CO)CC[C@@]5(C)CC[C@@]4(C)[C@]3(C)CC[C@@H]12. The van der Waals surface area contributed by atoms with E-state index in [2.05, 4.69) is 39.1 Å². The molecule has 0 aromatic rings. The summed E-state index contributed by atoms with van der Waals surface area (Å²) in [6.07, 6.45) is 8.46. The molecule has 0 aromatic carbocycles. The number of ketones is 2. The first-order chi connectivity index (χ1) is 17.9. The molecule has 0 unspecified atom stereocenters. The van der Waals surface area contributed by atoms with Gasteiger partial charge in [-0.05, 0) is 80.3 Å². The maximum atomic E-state index is 14.4. The third-order valence-electron chi connectivity index (χ3n) is 12.8. The lowest BCUT2D eigenvalue weighted by Gasteiger charge is -2.71. The Morgan fingerprint density at radius 2 is 1.67 bits per heavy atom. The molecule has 0 aromatic heterocycles. The monoisotopic (exact) mass is 536 g/mol. The molecule has 7 heteroatoms. The highest BCUT2D eigenvalue weighted by Crippen LogP contribution is 2.75. The second kappa shape index (κ2) is 8.13. The molecule has 7 nitrogen and oxygen atoms in total. The van der Waals surface area contributed by atoms with Crippen LogP contribution in [0.3, 0.4) is 0 Å². The van der Waals surface area contributed by atoms with Crippen molar-refractivity contribution in [2.45, 2.75) is 105 Å². The van der Waals surface area contributed by atoms with Crippen molar-refractivity contribution in [1.82, 2.24) is 5.32 Å². The van der Waals surface area contributed by atoms with E-state index in [1.165, 1.54) is 0 Å². The first-order valence-electron chi connectivity index (χ1n) is 14.5. The molecule has 0 saturated heterocycles. The maximum Gasteiger partial charge on any atom is 0.246 e. The number of nitriles is 1. The summed E-state index contributed by atoms with van der Waals surface area (Å²) in [6, 6.07) is 2.13. The molecule has 0 bridgehead atoms. The Morgan fingerprint density at radius 3 is 2.28 bits per heavy atom. The van der Waals surface area contributed by atoms with Gasteiger partial charge in [-0.1, -0.05) is 47.6 Å². The quantitative estimate of drug-likeness (QED) is 0.486. The highest BCUT2D eigenvalue weighted by atomic mass is 16.3. The molecule has 0 spiro atoms. The Morgan fingerprint density at radius 1 is 1.03 bits per heavy atom. The number of amides is 1. The number of carbonyl (C=O) groups is 3. The molecule has 212 valence electrons. The molecule has 5 aliphatic carbocycles. The van der Waals surface area contributed by atoms with Crippen molar-refractivity contribution in [1.29, 1.82) is 5.26 Å². The zero-order chi connectivity index (χ0) is 29.0. The molecule has 3 N–H and O–H groups in total. The molecule has 5 rings (SSSR count). The molecule has 39 heavy (non-hydrogen) atoms. The Balaban J connectivity index is 1.68. The van der Waals surface area contributed by atoms with Crippen LogP contribution in [0.4, 0.5) is 0 Å². The summed E-state index contributed by atoms with van der Waals surface area (Å²) in [7, 11) is 0. The van der Waals surface area contributed by atoms with Crippen molar-refractivity contribution >= 4 is 17.5 Å². The van der Waals surface area contributed by atoms with E-state index in [0.717, 1.165) is 37.7 Å². The minimum Gasteiger partial charge on any atom is -0.387 e. The summed E-state index contributed by atoms with van der Waals surface area (Å²) < 4.78 is 0. The van der Waals surface area contributed by atoms with Gasteiger partial charge in [-0.15, -0.1) is 0 Å². The molecular formula is C32H44N2O5. The fourth-order valence-corrected chi connectivity index (χ4v) is 10.2. The third-order valence-corrected chi connectivity index (χ3v) is 12.8. The number of nitrogens with zero attached hydrogens (tertiary/aromatic N) is 1. The number of carbonyl (C=O) groups excluding carboxylic acids is 3. The van der Waals surface area contributed by atoms with E-state index in [-0.39, 0.29) is 34.4 Å². The summed E-state index contributed by atoms with van der Waals surface area (Å²) in [6.45, 7) is 13.7. The van der Waals surface area contributed by atoms with Gasteiger partial charge in [0.15, 0.2) is 11.6 Å². The summed E-state index contributed by atoms with van der Waals surface area (Å²) >= 11 is 0. The summed E-state index contributed by atoms with van der Waals surface area (Å²) in [5, 5.41) is 35.1. The van der Waals surface area contributed by atoms with Crippen molar-refractivity contribution in [3.8, 4) is 6.07 Å². The van der Waals surface area contributed by atoms with E-state index in [9.17, 15) is 29.9 Å². The zero-order valence-corrected chi connectivity index (χ0v) is 24.5. The Labute approximate surface area is 232 Å². The molecule has 3 fully saturated rings. The summed E-state index contributed by atoms with van der Waals surface area (Å²) in [5.41, 5.74) is -4.14. The second-order valence-corrected chi connectivity index (χ2v) is 15.1. The van der Waals surface area contributed by atoms with Crippen LogP contribution >= 0.6 is 0 Å². The molecule has 0 aliphatic heterocycles. The van der Waals surface area contributed by atoms with Gasteiger partial charge < -0.3 is 15.5 Å². The number of rotatable bonds is 2. The average Bonchev–Trinajstić information content (AvgIpc) is 2.86. The first-order valence-corrected chi connectivity index (χ1v) is 14.5. The molecular weight excluding hydrogens is 492 g/mol. The van der Waals surface area contributed by atoms with Gasteiger partial charge in [0.1, 0.15) is 18.3 Å². The van der Waals surface area contributed by atoms with E-state index in [4.69, 9.17) is 0 Å². The van der Waals surface area contributed by atoms with Crippen molar-refractivity contribution < 1.29 is 24.6 Å². The van der Waals surface area contributed by atoms with Gasteiger partial charge in [0, 0.05) is 27.7 Å². The molecule has 1 amide bonds. The highest BCUT2D eigenvalue weighted by molar-refractivity contribution is 6.05. The Hall–Kier alpha value is -2.30. The van der Waals surface area contributed by atoms with Gasteiger partial charge in [0.25, 0.3) is 0 Å². The van der Waals surface area contributed by atoms with E-state index in [1.54, 1.807) is 6.08 Å². The molecule has 3 saturated carbocycles. The maximum absolute atomic E-state index is 14.4. The van der Waals surface area contributed by atoms with Crippen LogP contribution in [0.15, 0.2) is 23.3 Å². The van der Waals surface area contributed by atoms with Crippen molar-refractivity contribution in [2.75, 3.05) is 6.61 Å². The zero-order valence-electron chi connectivity index (χ0n) is 24.5. The largest absolute Gasteiger partial charge is 0.387 e. The number of hydrogen-bond acceptors (Lipinski definition) is 6. The van der Waals surface area contributed by atoms with Gasteiger partial charge in [-0.25, -0.2) is 0 Å². The van der Waals surface area contributed by atoms with Crippen LogP contribution in [0.25, 0.3) is 0 Å². The van der Waals surface area contributed by atoms with E-state index in [1.807, 2.05) is 26.8 Å². The lowest BCUT2D eigenvalue weighted by molar-refractivity contribution is -0.240. The minimum atomic E-state index is -1.63.